The minimum atomic E-state index is 0. The molecule has 0 aromatic carbocycles. The van der Waals surface area contributed by atoms with Crippen molar-refractivity contribution in [3.8, 4) is 0 Å². The van der Waals surface area contributed by atoms with Gasteiger partial charge in [0.05, 0.1) is 0 Å². The summed E-state index contributed by atoms with van der Waals surface area (Å²) in [5.41, 5.74) is 1.15. The van der Waals surface area contributed by atoms with Crippen molar-refractivity contribution in [2.24, 2.45) is 0 Å². The highest BCUT2D eigenvalue weighted by atomic mass is 35.5. The molecule has 62 valence electrons. The molecule has 2 nitrogen and oxygen atoms in total. The second-order valence-corrected chi connectivity index (χ2v) is 2.17. The van der Waals surface area contributed by atoms with Crippen LogP contribution in [0.25, 0.3) is 0 Å². The molecule has 0 fully saturated rings. The molecule has 0 bridgehead atoms. The van der Waals surface area contributed by atoms with Crippen LogP contribution in [-0.2, 0) is 6.42 Å². The van der Waals surface area contributed by atoms with Crippen molar-refractivity contribution in [1.82, 2.24) is 10.3 Å². The van der Waals surface area contributed by atoms with Gasteiger partial charge in [-0.25, -0.2) is 0 Å². The average molecular weight is 172 g/mol. The molecule has 11 heavy (non-hydrogen) atoms. The summed E-state index contributed by atoms with van der Waals surface area (Å²) in [5.74, 6) is 0. The van der Waals surface area contributed by atoms with Crippen LogP contribution in [0.1, 0.15) is 5.69 Å². The van der Waals surface area contributed by atoms with Gasteiger partial charge in [0.2, 0.25) is 0 Å². The van der Waals surface area contributed by atoms with Crippen LogP contribution in [0.5, 0.6) is 0 Å². The van der Waals surface area contributed by atoms with E-state index in [1.807, 2.05) is 31.4 Å². The predicted octanol–water partition coefficient (Wildman–Crippen LogP) is -2.15. The monoisotopic (exact) mass is 171 g/mol. The number of nitrogens with zero attached hydrogens (tertiary/aromatic N) is 1. The Hall–Kier alpha value is -0.600. The Morgan fingerprint density at radius 3 is 2.82 bits per heavy atom. The van der Waals surface area contributed by atoms with E-state index >= 15 is 0 Å². The molecular formula is C8H12ClN2-. The fourth-order valence-corrected chi connectivity index (χ4v) is 0.799. The standard InChI is InChI=1S/C8H12N2.ClH/c1-9-7-5-8-4-2-3-6-10-8;/h2-4,6,9H,5,7H2,1H3;1H/p-1. The van der Waals surface area contributed by atoms with Crippen LogP contribution >= 0.6 is 0 Å². The second-order valence-electron chi connectivity index (χ2n) is 2.17. The largest absolute Gasteiger partial charge is 1.00 e. The van der Waals surface area contributed by atoms with Crippen molar-refractivity contribution < 1.29 is 12.4 Å². The highest BCUT2D eigenvalue weighted by Crippen LogP contribution is 1.92. The van der Waals surface area contributed by atoms with Gasteiger partial charge in [0.15, 0.2) is 0 Å². The lowest BCUT2D eigenvalue weighted by Gasteiger charge is -1.96. The Bertz CT molecular complexity index is 177. The Kier molecular flexibility index (Phi) is 5.80. The van der Waals surface area contributed by atoms with Crippen LogP contribution in [-0.4, -0.2) is 18.6 Å². The number of hydrogen-bond donors (Lipinski definition) is 1. The summed E-state index contributed by atoms with van der Waals surface area (Å²) >= 11 is 0. The third kappa shape index (κ3) is 3.96. The highest BCUT2D eigenvalue weighted by Gasteiger charge is 1.88. The van der Waals surface area contributed by atoms with E-state index in [4.69, 9.17) is 0 Å². The van der Waals surface area contributed by atoms with Crippen LogP contribution < -0.4 is 17.7 Å². The molecule has 0 atom stereocenters. The lowest BCUT2D eigenvalue weighted by Crippen LogP contribution is -3.00. The highest BCUT2D eigenvalue weighted by molar-refractivity contribution is 5.03. The van der Waals surface area contributed by atoms with E-state index < -0.39 is 0 Å². The first-order valence-electron chi connectivity index (χ1n) is 3.48. The van der Waals surface area contributed by atoms with Crippen LogP contribution in [0.3, 0.4) is 0 Å². The van der Waals surface area contributed by atoms with E-state index in [-0.39, 0.29) is 12.4 Å². The van der Waals surface area contributed by atoms with Gasteiger partial charge in [-0.3, -0.25) is 4.98 Å². The molecule has 0 amide bonds. The normalized spacial score (nSPS) is 8.82. The van der Waals surface area contributed by atoms with Gasteiger partial charge in [-0.1, -0.05) is 6.07 Å². The van der Waals surface area contributed by atoms with Crippen molar-refractivity contribution >= 4 is 0 Å². The zero-order valence-electron chi connectivity index (χ0n) is 6.55. The SMILES string of the molecule is CNCCc1ccccn1.[Cl-]. The molecule has 0 radical (unpaired) electrons. The van der Waals surface area contributed by atoms with Crippen LogP contribution in [0, 0.1) is 0 Å². The number of aromatic nitrogens is 1. The first-order valence-corrected chi connectivity index (χ1v) is 3.48. The summed E-state index contributed by atoms with van der Waals surface area (Å²) in [6.07, 6.45) is 2.84. The van der Waals surface area contributed by atoms with Gasteiger partial charge in [-0.15, -0.1) is 0 Å². The predicted molar refractivity (Wildman–Crippen MR) is 41.9 cm³/mol. The number of pyridine rings is 1. The summed E-state index contributed by atoms with van der Waals surface area (Å²) < 4.78 is 0. The molecule has 0 aliphatic heterocycles. The molecule has 0 spiro atoms. The van der Waals surface area contributed by atoms with Crippen LogP contribution in [0.2, 0.25) is 0 Å². The summed E-state index contributed by atoms with van der Waals surface area (Å²) in [7, 11) is 1.95. The topological polar surface area (TPSA) is 24.9 Å². The van der Waals surface area contributed by atoms with Gasteiger partial charge < -0.3 is 17.7 Å². The molecule has 1 aromatic heterocycles. The van der Waals surface area contributed by atoms with Gasteiger partial charge in [-0.05, 0) is 19.2 Å². The van der Waals surface area contributed by atoms with Crippen LogP contribution in [0.4, 0.5) is 0 Å². The van der Waals surface area contributed by atoms with Crippen molar-refractivity contribution in [2.75, 3.05) is 13.6 Å². The maximum Gasteiger partial charge on any atom is 0.0416 e. The van der Waals surface area contributed by atoms with E-state index in [9.17, 15) is 0 Å². The Morgan fingerprint density at radius 1 is 1.45 bits per heavy atom. The fourth-order valence-electron chi connectivity index (χ4n) is 0.799. The maximum atomic E-state index is 4.18. The van der Waals surface area contributed by atoms with Gasteiger partial charge >= 0.3 is 0 Å². The molecular weight excluding hydrogens is 160 g/mol. The lowest BCUT2D eigenvalue weighted by atomic mass is 10.3. The second kappa shape index (κ2) is 6.13. The Morgan fingerprint density at radius 2 is 2.27 bits per heavy atom. The lowest BCUT2D eigenvalue weighted by molar-refractivity contribution is -0.00000223. The zero-order valence-corrected chi connectivity index (χ0v) is 7.30. The van der Waals surface area contributed by atoms with Crippen LogP contribution in [0.15, 0.2) is 24.4 Å². The first kappa shape index (κ1) is 10.4. The summed E-state index contributed by atoms with van der Waals surface area (Å²) in [4.78, 5) is 4.18. The minimum absolute atomic E-state index is 0. The molecule has 0 aliphatic rings. The van der Waals surface area contributed by atoms with E-state index in [0.717, 1.165) is 18.7 Å². The molecule has 0 aliphatic carbocycles. The molecule has 1 aromatic rings. The summed E-state index contributed by atoms with van der Waals surface area (Å²) in [5, 5.41) is 3.08. The number of rotatable bonds is 3. The fraction of sp³-hybridized carbons (Fsp3) is 0.375. The molecule has 0 saturated heterocycles. The molecule has 1 rings (SSSR count). The molecule has 0 saturated carbocycles. The summed E-state index contributed by atoms with van der Waals surface area (Å²) in [6.45, 7) is 0.997. The van der Waals surface area contributed by atoms with Gasteiger partial charge in [-0.2, -0.15) is 0 Å². The number of nitrogens with one attached hydrogen (secondary N) is 1. The van der Waals surface area contributed by atoms with Gasteiger partial charge in [0.1, 0.15) is 0 Å². The molecule has 1 N–H and O–H groups in total. The number of hydrogen-bond acceptors (Lipinski definition) is 2. The number of likely N-dealkylation sites (N-methyl/N-ethyl adjacent to an activating group) is 1. The van der Waals surface area contributed by atoms with Crippen molar-refractivity contribution in [3.63, 3.8) is 0 Å². The summed E-state index contributed by atoms with van der Waals surface area (Å²) in [6, 6.07) is 5.98. The van der Waals surface area contributed by atoms with E-state index in [1.165, 1.54) is 0 Å². The Labute approximate surface area is 73.4 Å². The minimum Gasteiger partial charge on any atom is -1.00 e. The smallest absolute Gasteiger partial charge is 0.0416 e. The third-order valence-corrected chi connectivity index (χ3v) is 1.36. The van der Waals surface area contributed by atoms with E-state index in [1.54, 1.807) is 0 Å². The quantitative estimate of drug-likeness (QED) is 0.561. The molecule has 1 heterocycles. The van der Waals surface area contributed by atoms with Crippen molar-refractivity contribution in [1.29, 1.82) is 0 Å². The van der Waals surface area contributed by atoms with Crippen molar-refractivity contribution in [3.05, 3.63) is 30.1 Å². The van der Waals surface area contributed by atoms with E-state index in [0.29, 0.717) is 0 Å². The van der Waals surface area contributed by atoms with Gasteiger partial charge in [0, 0.05) is 24.9 Å². The molecule has 0 unspecified atom stereocenters. The Balaban J connectivity index is 0.000001000. The molecule has 3 heteroatoms. The van der Waals surface area contributed by atoms with E-state index in [2.05, 4.69) is 10.3 Å². The number of halogens is 1. The van der Waals surface area contributed by atoms with Gasteiger partial charge in [0.25, 0.3) is 0 Å². The van der Waals surface area contributed by atoms with Crippen molar-refractivity contribution in [2.45, 2.75) is 6.42 Å². The first-order chi connectivity index (χ1) is 4.93. The zero-order chi connectivity index (χ0) is 7.23. The third-order valence-electron chi connectivity index (χ3n) is 1.36. The average Bonchev–Trinajstić information content (AvgIpc) is 2.03. The maximum absolute atomic E-state index is 4.18.